The lowest BCUT2D eigenvalue weighted by Gasteiger charge is -2.07. The molecular formula is C23H20ClNO2S. The first-order valence-electron chi connectivity index (χ1n) is 9.04. The highest BCUT2D eigenvalue weighted by Crippen LogP contribution is 2.30. The van der Waals surface area contributed by atoms with Crippen molar-refractivity contribution in [2.24, 2.45) is 0 Å². The van der Waals surface area contributed by atoms with Crippen molar-refractivity contribution in [2.45, 2.75) is 24.1 Å². The van der Waals surface area contributed by atoms with Crippen molar-refractivity contribution in [3.05, 3.63) is 101 Å². The average molecular weight is 410 g/mol. The van der Waals surface area contributed by atoms with Crippen LogP contribution in [0.15, 0.2) is 83.9 Å². The molecule has 3 aromatic carbocycles. The minimum atomic E-state index is -3.50. The van der Waals surface area contributed by atoms with Crippen LogP contribution in [0.5, 0.6) is 0 Å². The Morgan fingerprint density at radius 3 is 2.25 bits per heavy atom. The Morgan fingerprint density at radius 1 is 0.857 bits per heavy atom. The normalized spacial score (nSPS) is 11.8. The van der Waals surface area contributed by atoms with Crippen LogP contribution in [0, 0.1) is 6.92 Å². The van der Waals surface area contributed by atoms with Crippen molar-refractivity contribution in [3.8, 4) is 0 Å². The van der Waals surface area contributed by atoms with E-state index in [9.17, 15) is 8.42 Å². The second kappa shape index (κ2) is 7.46. The fourth-order valence-corrected chi connectivity index (χ4v) is 5.34. The van der Waals surface area contributed by atoms with E-state index in [-0.39, 0.29) is 5.75 Å². The molecule has 0 saturated heterocycles. The Hall–Kier alpha value is -2.56. The van der Waals surface area contributed by atoms with E-state index in [1.54, 1.807) is 6.20 Å². The number of halogens is 1. The molecule has 1 aromatic heterocycles. The number of hydrogen-bond donors (Lipinski definition) is 0. The largest absolute Gasteiger partial charge is 0.342 e. The molecule has 0 atom stereocenters. The van der Waals surface area contributed by atoms with Gasteiger partial charge in [0.1, 0.15) is 0 Å². The van der Waals surface area contributed by atoms with E-state index in [0.717, 1.165) is 27.6 Å². The standard InChI is InChI=1S/C23H20ClNO2S/c1-17-8-2-3-10-19(17)16-28(26,27)23-15-25(22-13-7-5-11-20(22)23)14-18-9-4-6-12-21(18)24/h2-13,15H,14,16H2,1H3. The van der Waals surface area contributed by atoms with E-state index in [1.807, 2.05) is 84.3 Å². The van der Waals surface area contributed by atoms with Crippen molar-refractivity contribution >= 4 is 32.3 Å². The summed E-state index contributed by atoms with van der Waals surface area (Å²) in [4.78, 5) is 0.360. The summed E-state index contributed by atoms with van der Waals surface area (Å²) in [7, 11) is -3.50. The van der Waals surface area contributed by atoms with E-state index in [0.29, 0.717) is 16.5 Å². The molecule has 0 spiro atoms. The molecule has 1 heterocycles. The highest BCUT2D eigenvalue weighted by molar-refractivity contribution is 7.90. The molecule has 0 aliphatic heterocycles. The van der Waals surface area contributed by atoms with Crippen LogP contribution >= 0.6 is 11.6 Å². The van der Waals surface area contributed by atoms with Crippen molar-refractivity contribution in [1.29, 1.82) is 0 Å². The summed E-state index contributed by atoms with van der Waals surface area (Å²) < 4.78 is 28.5. The molecule has 0 fully saturated rings. The van der Waals surface area contributed by atoms with Gasteiger partial charge in [0.2, 0.25) is 0 Å². The van der Waals surface area contributed by atoms with Gasteiger partial charge >= 0.3 is 0 Å². The Morgan fingerprint density at radius 2 is 1.50 bits per heavy atom. The van der Waals surface area contributed by atoms with Gasteiger partial charge in [0.15, 0.2) is 9.84 Å². The van der Waals surface area contributed by atoms with Crippen LogP contribution in [0.2, 0.25) is 5.02 Å². The maximum atomic E-state index is 13.3. The van der Waals surface area contributed by atoms with Crippen LogP contribution in [0.3, 0.4) is 0 Å². The summed E-state index contributed by atoms with van der Waals surface area (Å²) in [5.41, 5.74) is 3.63. The highest BCUT2D eigenvalue weighted by atomic mass is 35.5. The number of nitrogens with zero attached hydrogens (tertiary/aromatic N) is 1. The van der Waals surface area contributed by atoms with Gasteiger partial charge < -0.3 is 4.57 Å². The lowest BCUT2D eigenvalue weighted by molar-refractivity contribution is 0.595. The predicted octanol–water partition coefficient (Wildman–Crippen LogP) is 5.63. The van der Waals surface area contributed by atoms with E-state index >= 15 is 0 Å². The van der Waals surface area contributed by atoms with Crippen molar-refractivity contribution in [1.82, 2.24) is 4.57 Å². The van der Waals surface area contributed by atoms with Gasteiger partial charge in [-0.3, -0.25) is 0 Å². The van der Waals surface area contributed by atoms with Gasteiger partial charge in [0, 0.05) is 28.7 Å². The summed E-state index contributed by atoms with van der Waals surface area (Å²) in [5.74, 6) is -0.0141. The van der Waals surface area contributed by atoms with Crippen molar-refractivity contribution in [2.75, 3.05) is 0 Å². The van der Waals surface area contributed by atoms with Crippen LogP contribution in [-0.2, 0) is 22.1 Å². The van der Waals surface area contributed by atoms with Crippen molar-refractivity contribution < 1.29 is 8.42 Å². The monoisotopic (exact) mass is 409 g/mol. The summed E-state index contributed by atoms with van der Waals surface area (Å²) in [6.45, 7) is 2.45. The minimum absolute atomic E-state index is 0.0141. The molecule has 142 valence electrons. The Balaban J connectivity index is 1.80. The maximum Gasteiger partial charge on any atom is 0.184 e. The first-order valence-corrected chi connectivity index (χ1v) is 11.1. The zero-order valence-electron chi connectivity index (χ0n) is 15.5. The molecule has 0 saturated carbocycles. The highest BCUT2D eigenvalue weighted by Gasteiger charge is 2.22. The van der Waals surface area contributed by atoms with Crippen molar-refractivity contribution in [3.63, 3.8) is 0 Å². The van der Waals surface area contributed by atoms with Crippen LogP contribution in [0.1, 0.15) is 16.7 Å². The minimum Gasteiger partial charge on any atom is -0.342 e. The second-order valence-electron chi connectivity index (χ2n) is 6.92. The van der Waals surface area contributed by atoms with Gasteiger partial charge in [0.25, 0.3) is 0 Å². The number of hydrogen-bond acceptors (Lipinski definition) is 2. The topological polar surface area (TPSA) is 39.1 Å². The number of rotatable bonds is 5. The molecular weight excluding hydrogens is 390 g/mol. The Kier molecular flexibility index (Phi) is 5.00. The second-order valence-corrected chi connectivity index (χ2v) is 9.28. The maximum absolute atomic E-state index is 13.3. The van der Waals surface area contributed by atoms with E-state index in [1.165, 1.54) is 0 Å². The van der Waals surface area contributed by atoms with Gasteiger partial charge in [-0.05, 0) is 35.7 Å². The Labute approximate surface area is 170 Å². The average Bonchev–Trinajstić information content (AvgIpc) is 3.05. The Bertz CT molecular complexity index is 1260. The number of aryl methyl sites for hydroxylation is 1. The molecule has 28 heavy (non-hydrogen) atoms. The van der Waals surface area contributed by atoms with Crippen LogP contribution < -0.4 is 0 Å². The molecule has 0 N–H and O–H groups in total. The quantitative estimate of drug-likeness (QED) is 0.428. The van der Waals surface area contributed by atoms with Gasteiger partial charge in [-0.15, -0.1) is 0 Å². The summed E-state index contributed by atoms with van der Waals surface area (Å²) in [5, 5.41) is 1.41. The van der Waals surface area contributed by atoms with E-state index in [4.69, 9.17) is 11.6 Å². The van der Waals surface area contributed by atoms with Crippen LogP contribution in [-0.4, -0.2) is 13.0 Å². The van der Waals surface area contributed by atoms with Gasteiger partial charge in [0.05, 0.1) is 10.6 Å². The fraction of sp³-hybridized carbons (Fsp3) is 0.130. The van der Waals surface area contributed by atoms with Crippen LogP contribution in [0.4, 0.5) is 0 Å². The molecule has 4 rings (SSSR count). The first-order chi connectivity index (χ1) is 13.5. The first kappa shape index (κ1) is 18.8. The number of benzene rings is 3. The molecule has 0 bridgehead atoms. The molecule has 5 heteroatoms. The zero-order chi connectivity index (χ0) is 19.7. The smallest absolute Gasteiger partial charge is 0.184 e. The van der Waals surface area contributed by atoms with Gasteiger partial charge in [-0.1, -0.05) is 72.3 Å². The molecule has 0 amide bonds. The third-order valence-electron chi connectivity index (χ3n) is 4.99. The number of fused-ring (bicyclic) bond motifs is 1. The lowest BCUT2D eigenvalue weighted by atomic mass is 10.1. The summed E-state index contributed by atoms with van der Waals surface area (Å²) in [6, 6.07) is 22.8. The third-order valence-corrected chi connectivity index (χ3v) is 7.05. The number of aromatic nitrogens is 1. The molecule has 0 radical (unpaired) electrons. The number of sulfone groups is 1. The number of para-hydroxylation sites is 1. The lowest BCUT2D eigenvalue weighted by Crippen LogP contribution is -2.06. The fourth-order valence-electron chi connectivity index (χ4n) is 3.46. The molecule has 3 nitrogen and oxygen atoms in total. The van der Waals surface area contributed by atoms with E-state index < -0.39 is 9.84 Å². The van der Waals surface area contributed by atoms with Gasteiger partial charge in [-0.2, -0.15) is 0 Å². The molecule has 0 aliphatic rings. The summed E-state index contributed by atoms with van der Waals surface area (Å²) >= 11 is 6.32. The summed E-state index contributed by atoms with van der Waals surface area (Å²) in [6.07, 6.45) is 1.74. The molecule has 4 aromatic rings. The van der Waals surface area contributed by atoms with Gasteiger partial charge in [-0.25, -0.2) is 8.42 Å². The third kappa shape index (κ3) is 3.58. The SMILES string of the molecule is Cc1ccccc1CS(=O)(=O)c1cn(Cc2ccccc2Cl)c2ccccc12. The predicted molar refractivity (Wildman–Crippen MR) is 115 cm³/mol. The molecule has 0 unspecified atom stereocenters. The molecule has 0 aliphatic carbocycles. The zero-order valence-corrected chi connectivity index (χ0v) is 17.0. The van der Waals surface area contributed by atoms with E-state index in [2.05, 4.69) is 0 Å². The van der Waals surface area contributed by atoms with Crippen LogP contribution in [0.25, 0.3) is 10.9 Å².